The van der Waals surface area contributed by atoms with Gasteiger partial charge in [-0.25, -0.2) is 0 Å². The maximum absolute atomic E-state index is 11.1. The van der Waals surface area contributed by atoms with Crippen LogP contribution in [0.5, 0.6) is 0 Å². The van der Waals surface area contributed by atoms with Gasteiger partial charge in [-0.2, -0.15) is 0 Å². The van der Waals surface area contributed by atoms with Crippen molar-refractivity contribution in [2.24, 2.45) is 0 Å². The smallest absolute Gasteiger partial charge is 0.320 e. The van der Waals surface area contributed by atoms with Gasteiger partial charge in [0.05, 0.1) is 13.4 Å². The van der Waals surface area contributed by atoms with Crippen LogP contribution in [0.25, 0.3) is 0 Å². The van der Waals surface area contributed by atoms with E-state index in [2.05, 4.69) is 11.3 Å². The number of esters is 1. The number of rotatable bonds is 3. The Balaban J connectivity index is 2.83. The molecule has 1 heterocycles. The van der Waals surface area contributed by atoms with E-state index in [1.54, 1.807) is 12.1 Å². The minimum absolute atomic E-state index is 0.361. The van der Waals surface area contributed by atoms with Crippen molar-refractivity contribution in [3.05, 3.63) is 36.8 Å². The number of ether oxygens (including phenoxy) is 1. The summed E-state index contributed by atoms with van der Waals surface area (Å²) in [5.41, 5.74) is 0. The molecule has 1 atom stereocenters. The molecule has 3 nitrogen and oxygen atoms in total. The second-order valence-corrected chi connectivity index (χ2v) is 2.25. The van der Waals surface area contributed by atoms with Crippen molar-refractivity contribution >= 4 is 5.97 Å². The van der Waals surface area contributed by atoms with Crippen molar-refractivity contribution in [3.8, 4) is 0 Å². The molecule has 0 aromatic carbocycles. The summed E-state index contributed by atoms with van der Waals surface area (Å²) in [5.74, 6) is -0.304. The first kappa shape index (κ1) is 8.59. The van der Waals surface area contributed by atoms with Gasteiger partial charge in [-0.3, -0.25) is 4.79 Å². The number of hydrogen-bond donors (Lipinski definition) is 0. The average Bonchev–Trinajstić information content (AvgIpc) is 2.58. The van der Waals surface area contributed by atoms with Crippen LogP contribution in [0.3, 0.4) is 0 Å². The fourth-order valence-electron chi connectivity index (χ4n) is 0.924. The van der Waals surface area contributed by atoms with Crippen molar-refractivity contribution in [2.45, 2.75) is 5.92 Å². The number of furan rings is 1. The van der Waals surface area contributed by atoms with Gasteiger partial charge in [0.2, 0.25) is 0 Å². The fraction of sp³-hybridized carbons (Fsp3) is 0.222. The lowest BCUT2D eigenvalue weighted by Gasteiger charge is -2.05. The highest BCUT2D eigenvalue weighted by atomic mass is 16.5. The van der Waals surface area contributed by atoms with Crippen LogP contribution in [-0.4, -0.2) is 13.1 Å². The molecule has 1 rings (SSSR count). The van der Waals surface area contributed by atoms with Crippen LogP contribution < -0.4 is 0 Å². The Bertz CT molecular complexity index is 261. The topological polar surface area (TPSA) is 39.4 Å². The van der Waals surface area contributed by atoms with Gasteiger partial charge in [0.1, 0.15) is 11.7 Å². The zero-order valence-corrected chi connectivity index (χ0v) is 6.82. The summed E-state index contributed by atoms with van der Waals surface area (Å²) in [6.45, 7) is 3.53. The summed E-state index contributed by atoms with van der Waals surface area (Å²) < 4.78 is 9.59. The summed E-state index contributed by atoms with van der Waals surface area (Å²) in [7, 11) is 1.34. The molecule has 0 radical (unpaired) electrons. The van der Waals surface area contributed by atoms with Crippen LogP contribution in [-0.2, 0) is 9.53 Å². The summed E-state index contributed by atoms with van der Waals surface area (Å²) in [5, 5.41) is 0. The van der Waals surface area contributed by atoms with Crippen LogP contribution >= 0.6 is 0 Å². The van der Waals surface area contributed by atoms with Crippen molar-refractivity contribution < 1.29 is 13.9 Å². The average molecular weight is 166 g/mol. The van der Waals surface area contributed by atoms with E-state index in [0.717, 1.165) is 0 Å². The second-order valence-electron chi connectivity index (χ2n) is 2.25. The first-order valence-corrected chi connectivity index (χ1v) is 3.53. The van der Waals surface area contributed by atoms with Gasteiger partial charge in [-0.1, -0.05) is 6.08 Å². The van der Waals surface area contributed by atoms with E-state index >= 15 is 0 Å². The van der Waals surface area contributed by atoms with E-state index in [1.807, 2.05) is 0 Å². The molecule has 0 fully saturated rings. The molecule has 1 aromatic heterocycles. The maximum Gasteiger partial charge on any atom is 0.320 e. The van der Waals surface area contributed by atoms with Gasteiger partial charge in [0.15, 0.2) is 0 Å². The SMILES string of the molecule is C=CC(C(=O)OC)c1ccco1. The molecule has 0 saturated carbocycles. The molecule has 0 aliphatic carbocycles. The van der Waals surface area contributed by atoms with Crippen LogP contribution in [0.15, 0.2) is 35.5 Å². The third-order valence-electron chi connectivity index (χ3n) is 1.54. The Morgan fingerprint density at radius 2 is 2.58 bits per heavy atom. The molecule has 1 aromatic rings. The van der Waals surface area contributed by atoms with Gasteiger partial charge >= 0.3 is 5.97 Å². The molecule has 0 spiro atoms. The van der Waals surface area contributed by atoms with Gasteiger partial charge < -0.3 is 9.15 Å². The fourth-order valence-corrected chi connectivity index (χ4v) is 0.924. The molecular formula is C9H10O3. The molecule has 12 heavy (non-hydrogen) atoms. The zero-order valence-electron chi connectivity index (χ0n) is 6.82. The normalized spacial score (nSPS) is 12.1. The second kappa shape index (κ2) is 3.76. The molecule has 0 saturated heterocycles. The lowest BCUT2D eigenvalue weighted by atomic mass is 10.1. The first-order chi connectivity index (χ1) is 5.79. The van der Waals surface area contributed by atoms with Crippen molar-refractivity contribution in [2.75, 3.05) is 7.11 Å². The summed E-state index contributed by atoms with van der Waals surface area (Å²) >= 11 is 0. The number of carbonyl (C=O) groups is 1. The highest BCUT2D eigenvalue weighted by molar-refractivity contribution is 5.79. The Kier molecular flexibility index (Phi) is 2.69. The number of hydrogen-bond acceptors (Lipinski definition) is 3. The molecule has 0 amide bonds. The number of carbonyl (C=O) groups excluding carboxylic acids is 1. The number of methoxy groups -OCH3 is 1. The van der Waals surface area contributed by atoms with E-state index < -0.39 is 5.92 Å². The quantitative estimate of drug-likeness (QED) is 0.507. The van der Waals surface area contributed by atoms with Crippen molar-refractivity contribution in [1.29, 1.82) is 0 Å². The van der Waals surface area contributed by atoms with Crippen LogP contribution in [0.2, 0.25) is 0 Å². The Morgan fingerprint density at radius 1 is 1.83 bits per heavy atom. The molecular weight excluding hydrogens is 156 g/mol. The minimum atomic E-state index is -0.495. The maximum atomic E-state index is 11.1. The lowest BCUT2D eigenvalue weighted by molar-refractivity contribution is -0.141. The molecule has 3 heteroatoms. The Morgan fingerprint density at radius 3 is 3.00 bits per heavy atom. The molecule has 0 bridgehead atoms. The minimum Gasteiger partial charge on any atom is -0.468 e. The van der Waals surface area contributed by atoms with Gasteiger partial charge in [0, 0.05) is 0 Å². The largest absolute Gasteiger partial charge is 0.468 e. The lowest BCUT2D eigenvalue weighted by Crippen LogP contribution is -2.10. The summed E-state index contributed by atoms with van der Waals surface area (Å²) in [6.07, 6.45) is 3.00. The monoisotopic (exact) mass is 166 g/mol. The third kappa shape index (κ3) is 1.56. The van der Waals surface area contributed by atoms with Crippen LogP contribution in [0.4, 0.5) is 0 Å². The molecule has 0 N–H and O–H groups in total. The van der Waals surface area contributed by atoms with Crippen LogP contribution in [0, 0.1) is 0 Å². The third-order valence-corrected chi connectivity index (χ3v) is 1.54. The highest BCUT2D eigenvalue weighted by Gasteiger charge is 2.19. The first-order valence-electron chi connectivity index (χ1n) is 3.53. The van der Waals surface area contributed by atoms with Gasteiger partial charge in [-0.15, -0.1) is 6.58 Å². The summed E-state index contributed by atoms with van der Waals surface area (Å²) in [4.78, 5) is 11.1. The van der Waals surface area contributed by atoms with Crippen LogP contribution in [0.1, 0.15) is 11.7 Å². The van der Waals surface area contributed by atoms with E-state index in [9.17, 15) is 4.79 Å². The Hall–Kier alpha value is -1.51. The van der Waals surface area contributed by atoms with E-state index in [4.69, 9.17) is 4.42 Å². The van der Waals surface area contributed by atoms with Gasteiger partial charge in [0.25, 0.3) is 0 Å². The molecule has 64 valence electrons. The van der Waals surface area contributed by atoms with Crippen molar-refractivity contribution in [1.82, 2.24) is 0 Å². The summed E-state index contributed by atoms with van der Waals surface area (Å²) in [6, 6.07) is 3.43. The predicted octanol–water partition coefficient (Wildman–Crippen LogP) is 1.72. The standard InChI is InChI=1S/C9H10O3/c1-3-7(9(10)11-2)8-5-4-6-12-8/h3-7H,1H2,2H3. The van der Waals surface area contributed by atoms with Crippen molar-refractivity contribution in [3.63, 3.8) is 0 Å². The van der Waals surface area contributed by atoms with E-state index in [1.165, 1.54) is 19.4 Å². The molecule has 1 unspecified atom stereocenters. The molecule has 0 aliphatic rings. The Labute approximate surface area is 70.6 Å². The van der Waals surface area contributed by atoms with Gasteiger partial charge in [-0.05, 0) is 12.1 Å². The van der Waals surface area contributed by atoms with E-state index in [-0.39, 0.29) is 5.97 Å². The predicted molar refractivity (Wildman–Crippen MR) is 43.7 cm³/mol. The van der Waals surface area contributed by atoms with E-state index in [0.29, 0.717) is 5.76 Å². The highest BCUT2D eigenvalue weighted by Crippen LogP contribution is 2.18. The zero-order chi connectivity index (χ0) is 8.97. The molecule has 0 aliphatic heterocycles.